The number of hydrogen-bond donors (Lipinski definition) is 6. The number of rotatable bonds is 13. The molecular weight excluding hydrogens is 1000 g/mol. The highest BCUT2D eigenvalue weighted by atomic mass is 35.5. The number of ether oxygens (including phenoxy) is 7. The average Bonchev–Trinajstić information content (AvgIpc) is 3.73. The van der Waals surface area contributed by atoms with Crippen LogP contribution in [0.25, 0.3) is 21.6 Å². The molecule has 3 fully saturated rings. The molecule has 0 unspecified atom stereocenters. The molecule has 5 heterocycles. The minimum Gasteiger partial charge on any atom is -0.459 e. The number of aliphatic hydroxyl groups is 5. The Morgan fingerprint density at radius 1 is 0.907 bits per heavy atom. The largest absolute Gasteiger partial charge is 0.459 e. The molecule has 3 aromatic rings. The number of carbonyl (C=O) groups is 1. The fourth-order valence-electron chi connectivity index (χ4n) is 12.1. The Labute approximate surface area is 453 Å². The van der Waals surface area contributed by atoms with Crippen molar-refractivity contribution in [2.24, 2.45) is 17.8 Å². The minimum absolute atomic E-state index is 0.110. The second kappa shape index (κ2) is 24.7. The molecular formula is C57H86ClN3O13S. The van der Waals surface area contributed by atoms with Gasteiger partial charge in [0.2, 0.25) is 0 Å². The Kier molecular flexibility index (Phi) is 19.7. The number of esters is 1. The van der Waals surface area contributed by atoms with Gasteiger partial charge in [0.05, 0.1) is 41.5 Å². The number of halogens is 1. The number of nitrogens with zero attached hydrogens (tertiary/aromatic N) is 2. The molecule has 0 saturated carbocycles. The molecule has 4 aliphatic rings. The summed E-state index contributed by atoms with van der Waals surface area (Å²) in [6.45, 7) is 20.0. The summed E-state index contributed by atoms with van der Waals surface area (Å²) in [4.78, 5) is 21.0. The molecule has 0 bridgehead atoms. The zero-order valence-electron chi connectivity index (χ0n) is 46.3. The van der Waals surface area contributed by atoms with Crippen molar-refractivity contribution in [3.05, 3.63) is 58.4 Å². The molecule has 2 aromatic carbocycles. The van der Waals surface area contributed by atoms with E-state index in [1.807, 2.05) is 83.1 Å². The fourth-order valence-corrected chi connectivity index (χ4v) is 13.4. The topological polar surface area (TPSA) is 201 Å². The van der Waals surface area contributed by atoms with Gasteiger partial charge in [-0.1, -0.05) is 50.6 Å². The molecule has 4 aliphatic heterocycles. The van der Waals surface area contributed by atoms with Crippen LogP contribution >= 0.6 is 22.9 Å². The average molecular weight is 1090 g/mol. The minimum atomic E-state index is -1.89. The maximum atomic E-state index is 14.7. The van der Waals surface area contributed by atoms with E-state index in [1.165, 1.54) is 14.0 Å². The van der Waals surface area contributed by atoms with Crippen molar-refractivity contribution in [3.8, 4) is 33.1 Å². The molecule has 0 radical (unpaired) electrons. The standard InChI is InChI=1S/C57H86ClN3O13S/c1-14-45-57(10,67)50(63)35(6)61(23-17-22-59-29-38-26-40-39-18-15-16-19-43(39)71-44-21-20-37(58)25-41(44)49(40)75-38)30-31(2)27-55(8,66)52(74-54-47(62)42(60(11)12)24-32(3)69-54)33(4)48(34(5)53(65)72-45)73-46-28-56(9,68-13)51(64)36(7)70-46/h15-16,18-21,25-26,31-36,42,45-48,50-52,54,59,62-64,66-67H,14,17,22-24,27-30H2,1-13H3/t31-,32-,33+,34-,35-,36+,42+,45-,46+,47-,48+,50-,51+,52-,54+,55-,56-,57-/m1/s1. The maximum absolute atomic E-state index is 14.7. The van der Waals surface area contributed by atoms with E-state index in [0.29, 0.717) is 44.0 Å². The second-order valence-corrected chi connectivity index (χ2v) is 24.5. The molecule has 18 heteroatoms. The van der Waals surface area contributed by atoms with Crippen LogP contribution in [0.2, 0.25) is 5.02 Å². The molecule has 420 valence electrons. The summed E-state index contributed by atoms with van der Waals surface area (Å²) < 4.78 is 44.7. The normalized spacial score (nSPS) is 38.3. The summed E-state index contributed by atoms with van der Waals surface area (Å²) >= 11 is 8.21. The maximum Gasteiger partial charge on any atom is 0.311 e. The molecule has 1 aromatic heterocycles. The van der Waals surface area contributed by atoms with Gasteiger partial charge in [-0.05, 0) is 138 Å². The third-order valence-corrected chi connectivity index (χ3v) is 17.9. The van der Waals surface area contributed by atoms with Crippen LogP contribution in [-0.2, 0) is 39.8 Å². The number of nitrogens with one attached hydrogen (secondary N) is 1. The first-order valence-electron chi connectivity index (χ1n) is 27.0. The van der Waals surface area contributed by atoms with E-state index in [2.05, 4.69) is 22.3 Å². The van der Waals surface area contributed by atoms with Crippen molar-refractivity contribution in [2.45, 2.75) is 198 Å². The first kappa shape index (κ1) is 59.8. The molecule has 6 N–H and O–H groups in total. The van der Waals surface area contributed by atoms with Gasteiger partial charge >= 0.3 is 5.97 Å². The first-order chi connectivity index (χ1) is 35.3. The van der Waals surface area contributed by atoms with Crippen molar-refractivity contribution in [1.82, 2.24) is 15.1 Å². The molecule has 3 saturated heterocycles. The number of likely N-dealkylation sites (N-methyl/N-ethyl adjacent to an activating group) is 1. The van der Waals surface area contributed by atoms with Crippen LogP contribution in [0, 0.1) is 17.8 Å². The number of methoxy groups -OCH3 is 1. The van der Waals surface area contributed by atoms with Crippen LogP contribution in [0.3, 0.4) is 0 Å². The third kappa shape index (κ3) is 13.3. The summed E-state index contributed by atoms with van der Waals surface area (Å²) in [7, 11) is 5.30. The van der Waals surface area contributed by atoms with Crippen molar-refractivity contribution in [3.63, 3.8) is 0 Å². The van der Waals surface area contributed by atoms with E-state index in [1.54, 1.807) is 46.0 Å². The van der Waals surface area contributed by atoms with Crippen LogP contribution < -0.4 is 10.1 Å². The van der Waals surface area contributed by atoms with Crippen LogP contribution in [0.15, 0.2) is 48.5 Å². The van der Waals surface area contributed by atoms with Crippen molar-refractivity contribution in [2.75, 3.05) is 40.8 Å². The quantitative estimate of drug-likeness (QED) is 0.0564. The van der Waals surface area contributed by atoms with E-state index in [4.69, 9.17) is 44.8 Å². The van der Waals surface area contributed by atoms with Gasteiger partial charge in [-0.2, -0.15) is 0 Å². The van der Waals surface area contributed by atoms with Crippen LogP contribution in [0.4, 0.5) is 0 Å². The fraction of sp³-hybridized carbons (Fsp3) is 0.702. The Hall–Kier alpha value is -2.82. The zero-order chi connectivity index (χ0) is 54.9. The number of benzene rings is 2. The Bertz CT molecular complexity index is 2370. The molecule has 7 rings (SSSR count). The summed E-state index contributed by atoms with van der Waals surface area (Å²) in [5.41, 5.74) is -1.54. The lowest BCUT2D eigenvalue weighted by atomic mass is 9.77. The van der Waals surface area contributed by atoms with E-state index in [-0.39, 0.29) is 37.3 Å². The molecule has 75 heavy (non-hydrogen) atoms. The first-order valence-corrected chi connectivity index (χ1v) is 28.2. The molecule has 18 atom stereocenters. The van der Waals surface area contributed by atoms with Crippen LogP contribution in [0.5, 0.6) is 11.5 Å². The predicted octanol–water partition coefficient (Wildman–Crippen LogP) is 7.61. The van der Waals surface area contributed by atoms with E-state index < -0.39 is 96.0 Å². The molecule has 0 amide bonds. The number of aliphatic hydroxyl groups excluding tert-OH is 3. The Balaban J connectivity index is 1.16. The summed E-state index contributed by atoms with van der Waals surface area (Å²) in [6, 6.07) is 15.0. The Morgan fingerprint density at radius 2 is 1.61 bits per heavy atom. The van der Waals surface area contributed by atoms with Crippen molar-refractivity contribution in [1.29, 1.82) is 0 Å². The number of thiophene rings is 1. The summed E-state index contributed by atoms with van der Waals surface area (Å²) in [6.07, 6.45) is -8.12. The van der Waals surface area contributed by atoms with Gasteiger partial charge in [0.15, 0.2) is 12.6 Å². The monoisotopic (exact) mass is 1090 g/mol. The number of cyclic esters (lactones) is 1. The van der Waals surface area contributed by atoms with Crippen LogP contribution in [0.1, 0.15) is 106 Å². The molecule has 16 nitrogen and oxygen atoms in total. The zero-order valence-corrected chi connectivity index (χ0v) is 47.9. The number of para-hydroxylation sites is 1. The van der Waals surface area contributed by atoms with Crippen molar-refractivity contribution < 1.29 is 63.5 Å². The summed E-state index contributed by atoms with van der Waals surface area (Å²) in [5.74, 6) is -1.25. The smallest absolute Gasteiger partial charge is 0.311 e. The van der Waals surface area contributed by atoms with E-state index in [9.17, 15) is 30.3 Å². The predicted molar refractivity (Wildman–Crippen MR) is 290 cm³/mol. The lowest BCUT2D eigenvalue weighted by Gasteiger charge is -2.48. The number of carbonyl (C=O) groups excluding carboxylic acids is 1. The lowest BCUT2D eigenvalue weighted by Crippen LogP contribution is -2.60. The summed E-state index contributed by atoms with van der Waals surface area (Å²) in [5, 5.41) is 64.9. The van der Waals surface area contributed by atoms with Gasteiger partial charge in [-0.3, -0.25) is 9.69 Å². The van der Waals surface area contributed by atoms with E-state index in [0.717, 1.165) is 37.9 Å². The highest BCUT2D eigenvalue weighted by Crippen LogP contribution is 2.51. The van der Waals surface area contributed by atoms with Gasteiger partial charge in [-0.25, -0.2) is 0 Å². The number of fused-ring (bicyclic) bond motifs is 5. The second-order valence-electron chi connectivity index (χ2n) is 22.9. The van der Waals surface area contributed by atoms with Crippen molar-refractivity contribution >= 4 is 28.9 Å². The van der Waals surface area contributed by atoms with Crippen LogP contribution in [-0.4, -0.2) is 172 Å². The molecule has 0 spiro atoms. The third-order valence-electron chi connectivity index (χ3n) is 16.5. The highest BCUT2D eigenvalue weighted by molar-refractivity contribution is 7.16. The Morgan fingerprint density at radius 3 is 2.31 bits per heavy atom. The lowest BCUT2D eigenvalue weighted by molar-refractivity contribution is -0.318. The SMILES string of the molecule is CC[C@H]1OC(=O)[C@H](C)[C@@H](O[C@H]2C[C@@](C)(OC)[C@@H](O)[C@H](C)O2)[C@H](C)[C@@H](O[C@@H]2O[C@H](C)C[C@H](N(C)C)[C@H]2O)[C@](C)(O)C[C@@H](C)CN(CCCNCc2cc3c(s2)-c2cc(Cl)ccc2Oc2ccccc2-3)[C@H](C)[C@@H](O)[C@]1(C)O. The highest BCUT2D eigenvalue weighted by Gasteiger charge is 2.53. The van der Waals surface area contributed by atoms with Gasteiger partial charge in [0.25, 0.3) is 0 Å². The van der Waals surface area contributed by atoms with E-state index >= 15 is 0 Å². The van der Waals surface area contributed by atoms with Gasteiger partial charge in [0.1, 0.15) is 41.5 Å². The van der Waals surface area contributed by atoms with Gasteiger partial charge in [-0.15, -0.1) is 11.3 Å². The number of hydrogen-bond acceptors (Lipinski definition) is 17. The van der Waals surface area contributed by atoms with Gasteiger partial charge < -0.3 is 68.9 Å². The van der Waals surface area contributed by atoms with Gasteiger partial charge in [0, 0.05) is 76.1 Å². The molecule has 0 aliphatic carbocycles.